The topological polar surface area (TPSA) is 15.3 Å². The van der Waals surface area contributed by atoms with Crippen molar-refractivity contribution >= 4 is 0 Å². The fraction of sp³-hybridized carbons (Fsp3) is 1.00. The molecule has 1 heterocycles. The van der Waals surface area contributed by atoms with Crippen LogP contribution in [0.2, 0.25) is 0 Å². The summed E-state index contributed by atoms with van der Waals surface area (Å²) >= 11 is 0. The van der Waals surface area contributed by atoms with E-state index in [2.05, 4.69) is 24.1 Å². The molecule has 1 fully saturated rings. The normalized spacial score (nSPS) is 17.5. The molecule has 0 aromatic heterocycles. The van der Waals surface area contributed by atoms with Crippen LogP contribution >= 0.6 is 0 Å². The third kappa shape index (κ3) is 7.38. The van der Waals surface area contributed by atoms with Gasteiger partial charge in [0.25, 0.3) is 0 Å². The molecule has 0 atom stereocenters. The maximum absolute atomic E-state index is 3.45. The van der Waals surface area contributed by atoms with E-state index in [1.165, 1.54) is 84.1 Å². The smallest absolute Gasteiger partial charge is 0.0107 e. The van der Waals surface area contributed by atoms with E-state index in [9.17, 15) is 0 Å². The highest BCUT2D eigenvalue weighted by molar-refractivity contribution is 4.72. The molecule has 2 heteroatoms. The number of hydrogen-bond acceptors (Lipinski definition) is 2. The summed E-state index contributed by atoms with van der Waals surface area (Å²) in [6.45, 7) is 10.9. The van der Waals surface area contributed by atoms with Crippen LogP contribution < -0.4 is 5.32 Å². The van der Waals surface area contributed by atoms with Crippen molar-refractivity contribution in [1.29, 1.82) is 0 Å². The Kier molecular flexibility index (Phi) is 9.59. The summed E-state index contributed by atoms with van der Waals surface area (Å²) in [6, 6.07) is 0. The monoisotopic (exact) mass is 254 g/mol. The van der Waals surface area contributed by atoms with E-state index >= 15 is 0 Å². The zero-order chi connectivity index (χ0) is 13.1. The van der Waals surface area contributed by atoms with Crippen molar-refractivity contribution in [2.24, 2.45) is 5.92 Å². The van der Waals surface area contributed by atoms with E-state index in [4.69, 9.17) is 0 Å². The van der Waals surface area contributed by atoms with E-state index in [0.717, 1.165) is 5.92 Å². The first-order valence-corrected chi connectivity index (χ1v) is 8.29. The third-order valence-electron chi connectivity index (χ3n) is 4.16. The molecule has 1 saturated heterocycles. The van der Waals surface area contributed by atoms with E-state index in [-0.39, 0.29) is 0 Å². The largest absolute Gasteiger partial charge is 0.314 e. The highest BCUT2D eigenvalue weighted by atomic mass is 15.2. The van der Waals surface area contributed by atoms with Gasteiger partial charge in [-0.3, -0.25) is 0 Å². The number of nitrogens with one attached hydrogen (secondary N) is 1. The summed E-state index contributed by atoms with van der Waals surface area (Å²) in [6.07, 6.45) is 11.4. The molecule has 0 saturated carbocycles. The van der Waals surface area contributed by atoms with Gasteiger partial charge >= 0.3 is 0 Å². The molecule has 18 heavy (non-hydrogen) atoms. The fourth-order valence-electron chi connectivity index (χ4n) is 2.95. The lowest BCUT2D eigenvalue weighted by atomic mass is 9.94. The van der Waals surface area contributed by atoms with E-state index < -0.39 is 0 Å². The van der Waals surface area contributed by atoms with Crippen LogP contribution in [0, 0.1) is 5.92 Å². The molecule has 0 aromatic rings. The molecule has 0 spiro atoms. The molecular formula is C16H34N2. The second kappa shape index (κ2) is 10.8. The van der Waals surface area contributed by atoms with Crippen LogP contribution in [0.15, 0.2) is 0 Å². The summed E-state index contributed by atoms with van der Waals surface area (Å²) in [5, 5.41) is 3.45. The molecule has 0 aromatic carbocycles. The minimum atomic E-state index is 0.959. The molecule has 1 N–H and O–H groups in total. The van der Waals surface area contributed by atoms with Gasteiger partial charge in [0.1, 0.15) is 0 Å². The Morgan fingerprint density at radius 3 is 1.94 bits per heavy atom. The first-order valence-electron chi connectivity index (χ1n) is 8.29. The summed E-state index contributed by atoms with van der Waals surface area (Å²) < 4.78 is 0. The minimum absolute atomic E-state index is 0.959. The Bertz CT molecular complexity index is 166. The van der Waals surface area contributed by atoms with Crippen LogP contribution in [0.4, 0.5) is 0 Å². The molecule has 108 valence electrons. The maximum Gasteiger partial charge on any atom is 0.0107 e. The number of hydrogen-bond donors (Lipinski definition) is 1. The molecule has 2 nitrogen and oxygen atoms in total. The number of piperazine rings is 1. The second-order valence-corrected chi connectivity index (χ2v) is 5.91. The van der Waals surface area contributed by atoms with Gasteiger partial charge in [-0.2, -0.15) is 0 Å². The Morgan fingerprint density at radius 1 is 0.889 bits per heavy atom. The minimum Gasteiger partial charge on any atom is -0.314 e. The van der Waals surface area contributed by atoms with Crippen LogP contribution in [-0.4, -0.2) is 37.6 Å². The highest BCUT2D eigenvalue weighted by Gasteiger charge is 2.15. The van der Waals surface area contributed by atoms with Crippen LogP contribution in [0.25, 0.3) is 0 Å². The summed E-state index contributed by atoms with van der Waals surface area (Å²) in [5.74, 6) is 0.959. The zero-order valence-corrected chi connectivity index (χ0v) is 12.7. The van der Waals surface area contributed by atoms with Gasteiger partial charge in [0.05, 0.1) is 0 Å². The molecular weight excluding hydrogens is 220 g/mol. The molecule has 1 aliphatic heterocycles. The lowest BCUT2D eigenvalue weighted by Gasteiger charge is -2.31. The molecule has 0 unspecified atom stereocenters. The van der Waals surface area contributed by atoms with Crippen LogP contribution in [-0.2, 0) is 0 Å². The number of unbranched alkanes of at least 4 members (excludes halogenated alkanes) is 4. The van der Waals surface area contributed by atoms with Gasteiger partial charge in [-0.05, 0) is 18.8 Å². The average molecular weight is 254 g/mol. The first-order chi connectivity index (χ1) is 8.86. The lowest BCUT2D eigenvalue weighted by molar-refractivity contribution is 0.192. The predicted molar refractivity (Wildman–Crippen MR) is 81.1 cm³/mol. The number of nitrogens with zero attached hydrogens (tertiary/aromatic N) is 1. The van der Waals surface area contributed by atoms with E-state index in [1.807, 2.05) is 0 Å². The van der Waals surface area contributed by atoms with Gasteiger partial charge in [-0.25, -0.2) is 0 Å². The van der Waals surface area contributed by atoms with Gasteiger partial charge in [-0.15, -0.1) is 0 Å². The average Bonchev–Trinajstić information content (AvgIpc) is 2.40. The highest BCUT2D eigenvalue weighted by Crippen LogP contribution is 2.19. The van der Waals surface area contributed by atoms with Crippen molar-refractivity contribution in [3.8, 4) is 0 Å². The zero-order valence-electron chi connectivity index (χ0n) is 12.7. The van der Waals surface area contributed by atoms with E-state index in [1.54, 1.807) is 0 Å². The van der Waals surface area contributed by atoms with Gasteiger partial charge in [-0.1, -0.05) is 52.4 Å². The summed E-state index contributed by atoms with van der Waals surface area (Å²) in [4.78, 5) is 2.68. The third-order valence-corrected chi connectivity index (χ3v) is 4.16. The molecule has 0 aliphatic carbocycles. The molecule has 0 radical (unpaired) electrons. The first kappa shape index (κ1) is 16.0. The van der Waals surface area contributed by atoms with Crippen molar-refractivity contribution in [1.82, 2.24) is 10.2 Å². The predicted octanol–water partition coefficient (Wildman–Crippen LogP) is 3.67. The molecule has 1 aliphatic rings. The number of rotatable bonds is 10. The van der Waals surface area contributed by atoms with Gasteiger partial charge in [0, 0.05) is 32.7 Å². The summed E-state index contributed by atoms with van der Waals surface area (Å²) in [5.41, 5.74) is 0. The standard InChI is InChI=1S/C16H34N2/c1-3-5-7-9-16(10-8-6-4-2)15-18-13-11-17-12-14-18/h16-17H,3-15H2,1-2H3. The van der Waals surface area contributed by atoms with Crippen molar-refractivity contribution in [2.45, 2.75) is 65.2 Å². The van der Waals surface area contributed by atoms with Crippen molar-refractivity contribution in [3.05, 3.63) is 0 Å². The SMILES string of the molecule is CCCCCC(CCCCC)CN1CCNCC1. The van der Waals surface area contributed by atoms with Crippen LogP contribution in [0.1, 0.15) is 65.2 Å². The molecule has 0 amide bonds. The Morgan fingerprint density at radius 2 is 1.44 bits per heavy atom. The Balaban J connectivity index is 2.22. The Hall–Kier alpha value is -0.0800. The van der Waals surface area contributed by atoms with Gasteiger partial charge in [0.2, 0.25) is 0 Å². The Labute approximate surface area is 115 Å². The quantitative estimate of drug-likeness (QED) is 0.598. The lowest BCUT2D eigenvalue weighted by Crippen LogP contribution is -2.45. The second-order valence-electron chi connectivity index (χ2n) is 5.91. The van der Waals surface area contributed by atoms with E-state index in [0.29, 0.717) is 0 Å². The van der Waals surface area contributed by atoms with Crippen molar-refractivity contribution < 1.29 is 0 Å². The van der Waals surface area contributed by atoms with Crippen molar-refractivity contribution in [2.75, 3.05) is 32.7 Å². The van der Waals surface area contributed by atoms with Crippen molar-refractivity contribution in [3.63, 3.8) is 0 Å². The molecule has 0 bridgehead atoms. The van der Waals surface area contributed by atoms with Gasteiger partial charge < -0.3 is 10.2 Å². The fourth-order valence-corrected chi connectivity index (χ4v) is 2.95. The maximum atomic E-state index is 3.45. The van der Waals surface area contributed by atoms with Gasteiger partial charge in [0.15, 0.2) is 0 Å². The summed E-state index contributed by atoms with van der Waals surface area (Å²) in [7, 11) is 0. The molecule has 1 rings (SSSR count). The van der Waals surface area contributed by atoms with Crippen LogP contribution in [0.3, 0.4) is 0 Å². The van der Waals surface area contributed by atoms with Crippen LogP contribution in [0.5, 0.6) is 0 Å².